The second-order valence-corrected chi connectivity index (χ2v) is 6.82. The van der Waals surface area contributed by atoms with Crippen molar-refractivity contribution in [3.05, 3.63) is 29.8 Å². The summed E-state index contributed by atoms with van der Waals surface area (Å²) >= 11 is 0.918. The van der Waals surface area contributed by atoms with Crippen LogP contribution < -0.4 is 10.1 Å². The van der Waals surface area contributed by atoms with E-state index in [0.29, 0.717) is 11.3 Å². The first-order valence-electron chi connectivity index (χ1n) is 8.46. The third-order valence-electron chi connectivity index (χ3n) is 3.77. The Hall–Kier alpha value is -2.88. The summed E-state index contributed by atoms with van der Waals surface area (Å²) in [5, 5.41) is 2.16. The van der Waals surface area contributed by atoms with Crippen LogP contribution in [0, 0.1) is 0 Å². The number of thioether (sulfide) groups is 1. The molecule has 0 unspecified atom stereocenters. The van der Waals surface area contributed by atoms with Crippen LogP contribution in [0.3, 0.4) is 0 Å². The number of imide groups is 1. The molecule has 1 aromatic carbocycles. The van der Waals surface area contributed by atoms with Crippen LogP contribution in [0.15, 0.2) is 24.3 Å². The minimum Gasteiger partial charge on any atom is -0.482 e. The number of ketones is 1. The number of carbonyl (C=O) groups is 5. The van der Waals surface area contributed by atoms with Crippen LogP contribution in [0.5, 0.6) is 5.75 Å². The smallest absolute Gasteiger partial charge is 0.344 e. The van der Waals surface area contributed by atoms with E-state index in [9.17, 15) is 24.0 Å². The fourth-order valence-corrected chi connectivity index (χ4v) is 3.00. The molecule has 0 bridgehead atoms. The summed E-state index contributed by atoms with van der Waals surface area (Å²) in [6.45, 7) is 2.58. The molecule has 150 valence electrons. The van der Waals surface area contributed by atoms with Gasteiger partial charge in [0.1, 0.15) is 5.75 Å². The van der Waals surface area contributed by atoms with Gasteiger partial charge in [0, 0.05) is 18.7 Å². The molecule has 1 aliphatic heterocycles. The van der Waals surface area contributed by atoms with Crippen molar-refractivity contribution >= 4 is 40.6 Å². The van der Waals surface area contributed by atoms with Crippen molar-refractivity contribution in [2.45, 2.75) is 20.0 Å². The maximum Gasteiger partial charge on any atom is 0.344 e. The van der Waals surface area contributed by atoms with Crippen molar-refractivity contribution in [2.24, 2.45) is 0 Å². The highest BCUT2D eigenvalue weighted by atomic mass is 32.2. The van der Waals surface area contributed by atoms with Gasteiger partial charge in [0.05, 0.1) is 5.75 Å². The molecule has 1 aliphatic rings. The number of nitrogens with zero attached hydrogens (tertiary/aromatic N) is 1. The van der Waals surface area contributed by atoms with Gasteiger partial charge in [0.2, 0.25) is 5.91 Å². The summed E-state index contributed by atoms with van der Waals surface area (Å²) < 4.78 is 10.2. The van der Waals surface area contributed by atoms with E-state index >= 15 is 0 Å². The number of Topliss-reactive ketones (excluding diaryl/α,β-unsaturated/α-hetero) is 1. The molecule has 0 radical (unpaired) electrons. The third kappa shape index (κ3) is 6.08. The Bertz CT molecular complexity index is 763. The molecule has 1 N–H and O–H groups in total. The first-order valence-corrected chi connectivity index (χ1v) is 9.44. The van der Waals surface area contributed by atoms with Crippen LogP contribution in [0.25, 0.3) is 0 Å². The predicted molar refractivity (Wildman–Crippen MR) is 100 cm³/mol. The maximum absolute atomic E-state index is 11.9. The highest BCUT2D eigenvalue weighted by Gasteiger charge is 2.29. The van der Waals surface area contributed by atoms with Crippen LogP contribution in [0.1, 0.15) is 24.2 Å². The zero-order valence-electron chi connectivity index (χ0n) is 15.4. The Kier molecular flexibility index (Phi) is 7.56. The first kappa shape index (κ1) is 21.4. The lowest BCUT2D eigenvalue weighted by Gasteiger charge is -2.16. The minimum absolute atomic E-state index is 0.0659. The molecule has 28 heavy (non-hydrogen) atoms. The van der Waals surface area contributed by atoms with Gasteiger partial charge in [-0.3, -0.25) is 24.1 Å². The fourth-order valence-electron chi connectivity index (χ4n) is 2.24. The summed E-state index contributed by atoms with van der Waals surface area (Å²) in [4.78, 5) is 58.9. The van der Waals surface area contributed by atoms with Gasteiger partial charge >= 0.3 is 5.97 Å². The molecule has 1 atom stereocenters. The van der Waals surface area contributed by atoms with Crippen molar-refractivity contribution in [2.75, 3.05) is 25.4 Å². The lowest BCUT2D eigenvalue weighted by Crippen LogP contribution is -2.42. The number of ether oxygens (including phenoxy) is 2. The SMILES string of the molecule is CC(=O)c1ccc(OCC(=O)O[C@H](C)C(=O)NCCN2C(=O)CSC2=O)cc1. The zero-order valence-corrected chi connectivity index (χ0v) is 16.2. The Morgan fingerprint density at radius 3 is 2.46 bits per heavy atom. The Morgan fingerprint density at radius 2 is 1.89 bits per heavy atom. The van der Waals surface area contributed by atoms with Crippen molar-refractivity contribution in [1.29, 1.82) is 0 Å². The molecule has 1 aromatic rings. The Morgan fingerprint density at radius 1 is 1.21 bits per heavy atom. The van der Waals surface area contributed by atoms with E-state index in [4.69, 9.17) is 9.47 Å². The molecule has 10 heteroatoms. The summed E-state index contributed by atoms with van der Waals surface area (Å²) in [5.74, 6) is -1.17. The van der Waals surface area contributed by atoms with Crippen molar-refractivity contribution < 1.29 is 33.4 Å². The summed E-state index contributed by atoms with van der Waals surface area (Å²) in [6.07, 6.45) is -1.06. The predicted octanol–water partition coefficient (Wildman–Crippen LogP) is 1.01. The number of hydrogen-bond donors (Lipinski definition) is 1. The second-order valence-electron chi connectivity index (χ2n) is 5.89. The molecule has 0 aromatic heterocycles. The number of nitrogens with one attached hydrogen (secondary N) is 1. The average Bonchev–Trinajstić information content (AvgIpc) is 2.98. The molecule has 0 spiro atoms. The summed E-state index contributed by atoms with van der Waals surface area (Å²) in [7, 11) is 0. The fraction of sp³-hybridized carbons (Fsp3) is 0.389. The lowest BCUT2D eigenvalue weighted by atomic mass is 10.1. The molecular weight excluding hydrogens is 388 g/mol. The van der Waals surface area contributed by atoms with Crippen molar-refractivity contribution in [1.82, 2.24) is 10.2 Å². The van der Waals surface area contributed by atoms with Crippen molar-refractivity contribution in [3.8, 4) is 5.75 Å². The molecular formula is C18H20N2O7S. The van der Waals surface area contributed by atoms with Crippen LogP contribution >= 0.6 is 11.8 Å². The van der Waals surface area contributed by atoms with E-state index in [1.165, 1.54) is 13.8 Å². The van der Waals surface area contributed by atoms with Gasteiger partial charge in [0.25, 0.3) is 11.1 Å². The maximum atomic E-state index is 11.9. The van der Waals surface area contributed by atoms with E-state index in [1.807, 2.05) is 0 Å². The van der Waals surface area contributed by atoms with Crippen LogP contribution in [-0.2, 0) is 19.1 Å². The minimum atomic E-state index is -1.06. The largest absolute Gasteiger partial charge is 0.482 e. The van der Waals surface area contributed by atoms with E-state index in [2.05, 4.69) is 5.32 Å². The third-order valence-corrected chi connectivity index (χ3v) is 4.63. The monoisotopic (exact) mass is 408 g/mol. The number of esters is 1. The molecule has 0 saturated carbocycles. The van der Waals surface area contributed by atoms with Gasteiger partial charge in [-0.15, -0.1) is 0 Å². The molecule has 1 heterocycles. The number of benzene rings is 1. The Balaban J connectivity index is 1.69. The van der Waals surface area contributed by atoms with Crippen LogP contribution in [0.2, 0.25) is 0 Å². The second kappa shape index (κ2) is 9.88. The molecule has 1 fully saturated rings. The van der Waals surface area contributed by atoms with Gasteiger partial charge in [-0.25, -0.2) is 4.79 Å². The average molecular weight is 408 g/mol. The van der Waals surface area contributed by atoms with Gasteiger partial charge < -0.3 is 14.8 Å². The van der Waals surface area contributed by atoms with Gasteiger partial charge in [-0.1, -0.05) is 11.8 Å². The van der Waals surface area contributed by atoms with Gasteiger partial charge in [0.15, 0.2) is 18.5 Å². The molecule has 9 nitrogen and oxygen atoms in total. The molecule has 0 aliphatic carbocycles. The summed E-state index contributed by atoms with van der Waals surface area (Å²) in [6, 6.07) is 6.26. The van der Waals surface area contributed by atoms with E-state index in [1.54, 1.807) is 24.3 Å². The Labute approximate surface area is 165 Å². The lowest BCUT2D eigenvalue weighted by molar-refractivity contribution is -0.156. The summed E-state index contributed by atoms with van der Waals surface area (Å²) in [5.41, 5.74) is 0.524. The number of rotatable bonds is 9. The quantitative estimate of drug-likeness (QED) is 0.475. The van der Waals surface area contributed by atoms with E-state index in [-0.39, 0.29) is 35.8 Å². The van der Waals surface area contributed by atoms with Crippen LogP contribution in [0.4, 0.5) is 4.79 Å². The van der Waals surface area contributed by atoms with Gasteiger partial charge in [-0.05, 0) is 38.1 Å². The molecule has 1 saturated heterocycles. The molecule has 3 amide bonds. The standard InChI is InChI=1S/C18H20N2O7S/c1-11(21)13-3-5-14(6-4-13)26-9-16(23)27-12(2)17(24)19-7-8-20-15(22)10-28-18(20)25/h3-6,12H,7-10H2,1-2H3,(H,19,24)/t12-/m1/s1. The highest BCUT2D eigenvalue weighted by molar-refractivity contribution is 8.14. The van der Waals surface area contributed by atoms with Crippen molar-refractivity contribution in [3.63, 3.8) is 0 Å². The first-order chi connectivity index (χ1) is 13.3. The van der Waals surface area contributed by atoms with E-state index < -0.39 is 24.6 Å². The normalized spacial score (nSPS) is 14.6. The number of amides is 3. The van der Waals surface area contributed by atoms with E-state index in [0.717, 1.165) is 16.7 Å². The zero-order chi connectivity index (χ0) is 20.7. The highest BCUT2D eigenvalue weighted by Crippen LogP contribution is 2.17. The van der Waals surface area contributed by atoms with Gasteiger partial charge in [-0.2, -0.15) is 0 Å². The van der Waals surface area contributed by atoms with Crippen LogP contribution in [-0.4, -0.2) is 65.3 Å². The molecule has 2 rings (SSSR count). The number of hydrogen-bond acceptors (Lipinski definition) is 8. The topological polar surface area (TPSA) is 119 Å². The number of carbonyl (C=O) groups excluding carboxylic acids is 5.